The van der Waals surface area contributed by atoms with Gasteiger partial charge in [0.15, 0.2) is 11.6 Å². The molecule has 96 valence electrons. The minimum absolute atomic E-state index is 0.302. The van der Waals surface area contributed by atoms with E-state index >= 15 is 0 Å². The molecule has 2 nitrogen and oxygen atoms in total. The molecule has 0 saturated heterocycles. The van der Waals surface area contributed by atoms with E-state index in [2.05, 4.69) is 21.2 Å². The Morgan fingerprint density at radius 1 is 1.24 bits per heavy atom. The van der Waals surface area contributed by atoms with E-state index in [1.54, 1.807) is 12.1 Å². The second-order valence-electron chi connectivity index (χ2n) is 3.94. The van der Waals surface area contributed by atoms with Crippen LogP contribution in [0.15, 0.2) is 22.7 Å². The van der Waals surface area contributed by atoms with Gasteiger partial charge in [-0.1, -0.05) is 28.8 Å². The van der Waals surface area contributed by atoms with Crippen LogP contribution in [0.1, 0.15) is 25.7 Å². The fourth-order valence-corrected chi connectivity index (χ4v) is 1.87. The predicted molar refractivity (Wildman–Crippen MR) is 72.0 cm³/mol. The monoisotopic (exact) mass is 303 g/mol. The highest BCUT2D eigenvalue weighted by Crippen LogP contribution is 2.22. The summed E-state index contributed by atoms with van der Waals surface area (Å²) in [7, 11) is 1.96. The maximum atomic E-state index is 13.3. The van der Waals surface area contributed by atoms with Crippen molar-refractivity contribution in [2.24, 2.45) is 0 Å². The van der Waals surface area contributed by atoms with Gasteiger partial charge in [0, 0.05) is 4.47 Å². The molecule has 0 heterocycles. The van der Waals surface area contributed by atoms with Gasteiger partial charge in [-0.15, -0.1) is 0 Å². The number of nitrogens with one attached hydrogen (secondary N) is 1. The van der Waals surface area contributed by atoms with Crippen molar-refractivity contribution in [3.05, 3.63) is 28.5 Å². The molecule has 0 aliphatic rings. The van der Waals surface area contributed by atoms with E-state index in [1.165, 1.54) is 18.9 Å². The number of hydrogen-bond acceptors (Lipinski definition) is 2. The molecule has 1 aromatic carbocycles. The smallest absolute Gasteiger partial charge is 0.165 e. The summed E-state index contributed by atoms with van der Waals surface area (Å²) in [6.07, 6.45) is 4.46. The van der Waals surface area contributed by atoms with Crippen LogP contribution in [0.25, 0.3) is 0 Å². The average Bonchev–Trinajstić information content (AvgIpc) is 2.32. The molecular formula is C13H19BrFNO. The lowest BCUT2D eigenvalue weighted by Crippen LogP contribution is -2.07. The van der Waals surface area contributed by atoms with E-state index in [9.17, 15) is 4.39 Å². The average molecular weight is 304 g/mol. The van der Waals surface area contributed by atoms with Crippen molar-refractivity contribution < 1.29 is 9.13 Å². The molecule has 0 aliphatic carbocycles. The SMILES string of the molecule is CNCCCCCCOc1cc(Br)ccc1F. The van der Waals surface area contributed by atoms with E-state index in [0.29, 0.717) is 12.4 Å². The Balaban J connectivity index is 2.15. The third kappa shape index (κ3) is 6.03. The normalized spacial score (nSPS) is 10.5. The van der Waals surface area contributed by atoms with Gasteiger partial charge in [-0.2, -0.15) is 0 Å². The topological polar surface area (TPSA) is 21.3 Å². The highest BCUT2D eigenvalue weighted by molar-refractivity contribution is 9.10. The Labute approximate surface area is 111 Å². The first kappa shape index (κ1) is 14.5. The van der Waals surface area contributed by atoms with Gasteiger partial charge < -0.3 is 10.1 Å². The molecule has 0 bridgehead atoms. The van der Waals surface area contributed by atoms with Gasteiger partial charge in [0.2, 0.25) is 0 Å². The molecule has 1 N–H and O–H groups in total. The predicted octanol–water partition coefficient (Wildman–Crippen LogP) is 3.75. The molecule has 1 aromatic rings. The third-order valence-corrected chi connectivity index (χ3v) is 2.97. The number of halogens is 2. The number of benzene rings is 1. The van der Waals surface area contributed by atoms with Crippen molar-refractivity contribution >= 4 is 15.9 Å². The Kier molecular flexibility index (Phi) is 7.21. The van der Waals surface area contributed by atoms with Crippen LogP contribution >= 0.6 is 15.9 Å². The molecule has 0 unspecified atom stereocenters. The van der Waals surface area contributed by atoms with Gasteiger partial charge >= 0.3 is 0 Å². The zero-order valence-corrected chi connectivity index (χ0v) is 11.7. The molecule has 1 rings (SSSR count). The first-order valence-electron chi connectivity index (χ1n) is 5.96. The van der Waals surface area contributed by atoms with Crippen LogP contribution in [0.2, 0.25) is 0 Å². The second-order valence-corrected chi connectivity index (χ2v) is 4.86. The minimum atomic E-state index is -0.302. The number of hydrogen-bond donors (Lipinski definition) is 1. The molecule has 0 radical (unpaired) electrons. The Morgan fingerprint density at radius 3 is 2.76 bits per heavy atom. The Hall–Kier alpha value is -0.610. The van der Waals surface area contributed by atoms with Crippen molar-refractivity contribution in [2.75, 3.05) is 20.2 Å². The van der Waals surface area contributed by atoms with Gasteiger partial charge in [-0.05, 0) is 44.6 Å². The van der Waals surface area contributed by atoms with E-state index in [-0.39, 0.29) is 5.82 Å². The molecule has 0 spiro atoms. The van der Waals surface area contributed by atoms with Crippen molar-refractivity contribution in [3.8, 4) is 5.75 Å². The molecule has 17 heavy (non-hydrogen) atoms. The summed E-state index contributed by atoms with van der Waals surface area (Å²) in [5.41, 5.74) is 0. The first-order chi connectivity index (χ1) is 8.24. The first-order valence-corrected chi connectivity index (χ1v) is 6.76. The van der Waals surface area contributed by atoms with Crippen LogP contribution in [-0.2, 0) is 0 Å². The summed E-state index contributed by atoms with van der Waals surface area (Å²) in [5.74, 6) is 0.0259. The lowest BCUT2D eigenvalue weighted by molar-refractivity contribution is 0.290. The number of ether oxygens (including phenoxy) is 1. The van der Waals surface area contributed by atoms with Gasteiger partial charge in [0.05, 0.1) is 6.61 Å². The maximum Gasteiger partial charge on any atom is 0.165 e. The summed E-state index contributed by atoms with van der Waals surface area (Å²) in [6.45, 7) is 1.63. The number of rotatable bonds is 8. The van der Waals surface area contributed by atoms with Crippen LogP contribution in [0.4, 0.5) is 4.39 Å². The molecule has 0 atom stereocenters. The van der Waals surface area contributed by atoms with E-state index in [4.69, 9.17) is 4.74 Å². The summed E-state index contributed by atoms with van der Waals surface area (Å²) in [6, 6.07) is 4.74. The number of unbranched alkanes of at least 4 members (excludes halogenated alkanes) is 3. The standard InChI is InChI=1S/C13H19BrFNO/c1-16-8-4-2-3-5-9-17-13-10-11(14)6-7-12(13)15/h6-7,10,16H,2-5,8-9H2,1H3. The maximum absolute atomic E-state index is 13.3. The van der Waals surface area contributed by atoms with E-state index < -0.39 is 0 Å². The lowest BCUT2D eigenvalue weighted by Gasteiger charge is -2.07. The molecule has 0 amide bonds. The Morgan fingerprint density at radius 2 is 2.00 bits per heavy atom. The van der Waals surface area contributed by atoms with Crippen LogP contribution < -0.4 is 10.1 Å². The van der Waals surface area contributed by atoms with Gasteiger partial charge in [0.1, 0.15) is 0 Å². The zero-order valence-electron chi connectivity index (χ0n) is 10.1. The van der Waals surface area contributed by atoms with Crippen LogP contribution in [0, 0.1) is 5.82 Å². The summed E-state index contributed by atoms with van der Waals surface area (Å²) in [4.78, 5) is 0. The molecule has 0 aromatic heterocycles. The highest BCUT2D eigenvalue weighted by Gasteiger charge is 2.03. The van der Waals surface area contributed by atoms with Crippen molar-refractivity contribution in [1.29, 1.82) is 0 Å². The lowest BCUT2D eigenvalue weighted by atomic mass is 10.2. The van der Waals surface area contributed by atoms with E-state index in [1.807, 2.05) is 7.05 Å². The fraction of sp³-hybridized carbons (Fsp3) is 0.538. The molecule has 0 saturated carbocycles. The summed E-state index contributed by atoms with van der Waals surface area (Å²) in [5, 5.41) is 3.11. The van der Waals surface area contributed by atoms with Crippen LogP contribution in [-0.4, -0.2) is 20.2 Å². The molecule has 0 fully saturated rings. The van der Waals surface area contributed by atoms with Crippen LogP contribution in [0.3, 0.4) is 0 Å². The zero-order chi connectivity index (χ0) is 12.5. The quantitative estimate of drug-likeness (QED) is 0.739. The Bertz CT molecular complexity index is 333. The fourth-order valence-electron chi connectivity index (χ4n) is 1.53. The van der Waals surface area contributed by atoms with Crippen molar-refractivity contribution in [2.45, 2.75) is 25.7 Å². The van der Waals surface area contributed by atoms with Gasteiger partial charge in [0.25, 0.3) is 0 Å². The largest absolute Gasteiger partial charge is 0.490 e. The summed E-state index contributed by atoms with van der Waals surface area (Å²) >= 11 is 3.29. The van der Waals surface area contributed by atoms with Crippen LogP contribution in [0.5, 0.6) is 5.75 Å². The second kappa shape index (κ2) is 8.48. The van der Waals surface area contributed by atoms with Gasteiger partial charge in [-0.25, -0.2) is 4.39 Å². The minimum Gasteiger partial charge on any atom is -0.490 e. The van der Waals surface area contributed by atoms with Crippen molar-refractivity contribution in [1.82, 2.24) is 5.32 Å². The molecule has 4 heteroatoms. The molecule has 0 aliphatic heterocycles. The molecular weight excluding hydrogens is 285 g/mol. The van der Waals surface area contributed by atoms with Gasteiger partial charge in [-0.3, -0.25) is 0 Å². The van der Waals surface area contributed by atoms with Crippen molar-refractivity contribution in [3.63, 3.8) is 0 Å². The third-order valence-electron chi connectivity index (χ3n) is 2.47. The highest BCUT2D eigenvalue weighted by atomic mass is 79.9. The van der Waals surface area contributed by atoms with E-state index in [0.717, 1.165) is 23.9 Å². The summed E-state index contributed by atoms with van der Waals surface area (Å²) < 4.78 is 19.5.